The van der Waals surface area contributed by atoms with Crippen molar-refractivity contribution in [1.82, 2.24) is 14.5 Å². The van der Waals surface area contributed by atoms with Crippen LogP contribution in [-0.2, 0) is 6.54 Å². The van der Waals surface area contributed by atoms with Gasteiger partial charge in [-0.3, -0.25) is 4.90 Å². The molecule has 0 aliphatic heterocycles. The minimum atomic E-state index is 0.761. The minimum absolute atomic E-state index is 0.761. The predicted molar refractivity (Wildman–Crippen MR) is 61.1 cm³/mol. The maximum absolute atomic E-state index is 6.03. The summed E-state index contributed by atoms with van der Waals surface area (Å²) >= 11 is 7.32. The molecule has 2 fully saturated rings. The van der Waals surface area contributed by atoms with Gasteiger partial charge in [0.2, 0.25) is 0 Å². The lowest BCUT2D eigenvalue weighted by Gasteiger charge is -2.20. The van der Waals surface area contributed by atoms with E-state index in [1.807, 2.05) is 0 Å². The second kappa shape index (κ2) is 4.00. The highest BCUT2D eigenvalue weighted by Gasteiger charge is 2.34. The van der Waals surface area contributed by atoms with E-state index in [2.05, 4.69) is 14.5 Å². The van der Waals surface area contributed by atoms with E-state index in [4.69, 9.17) is 11.6 Å². The molecule has 0 radical (unpaired) electrons. The van der Waals surface area contributed by atoms with Crippen LogP contribution in [0.1, 0.15) is 31.4 Å². The Morgan fingerprint density at radius 1 is 1.33 bits per heavy atom. The van der Waals surface area contributed by atoms with Gasteiger partial charge in [0.1, 0.15) is 10.0 Å². The molecular weight excluding hydrogens is 230 g/mol. The predicted octanol–water partition coefficient (Wildman–Crippen LogP) is 2.57. The van der Waals surface area contributed by atoms with E-state index >= 15 is 0 Å². The summed E-state index contributed by atoms with van der Waals surface area (Å²) in [7, 11) is 0. The third-order valence-electron chi connectivity index (χ3n) is 3.12. The number of halogens is 1. The highest BCUT2D eigenvalue weighted by molar-refractivity contribution is 7.10. The van der Waals surface area contributed by atoms with E-state index in [1.165, 1.54) is 43.8 Å². The van der Waals surface area contributed by atoms with Crippen molar-refractivity contribution in [3.8, 4) is 0 Å². The third kappa shape index (κ3) is 2.49. The molecule has 0 bridgehead atoms. The molecule has 2 aliphatic carbocycles. The van der Waals surface area contributed by atoms with Gasteiger partial charge in [0.05, 0.1) is 0 Å². The van der Waals surface area contributed by atoms with Crippen LogP contribution in [0.4, 0.5) is 0 Å². The summed E-state index contributed by atoms with van der Waals surface area (Å²) in [4.78, 5) is 2.54. The van der Waals surface area contributed by atoms with Gasteiger partial charge >= 0.3 is 0 Å². The first-order valence-corrected chi connectivity index (χ1v) is 6.69. The first kappa shape index (κ1) is 10.00. The number of rotatable bonds is 5. The van der Waals surface area contributed by atoms with Crippen molar-refractivity contribution in [3.63, 3.8) is 0 Å². The van der Waals surface area contributed by atoms with E-state index in [9.17, 15) is 0 Å². The molecule has 2 saturated carbocycles. The van der Waals surface area contributed by atoms with Crippen LogP contribution in [0.25, 0.3) is 0 Å². The average Bonchev–Trinajstić information content (AvgIpc) is 3.10. The molecule has 2 aliphatic rings. The minimum Gasteiger partial charge on any atom is -0.294 e. The molecular formula is C10H14ClN3S. The second-order valence-electron chi connectivity index (χ2n) is 4.60. The summed E-state index contributed by atoms with van der Waals surface area (Å²) < 4.78 is 4.64. The molecule has 15 heavy (non-hydrogen) atoms. The van der Waals surface area contributed by atoms with Crippen LogP contribution < -0.4 is 0 Å². The molecule has 0 unspecified atom stereocenters. The van der Waals surface area contributed by atoms with Crippen molar-refractivity contribution in [3.05, 3.63) is 10.0 Å². The van der Waals surface area contributed by atoms with E-state index in [-0.39, 0.29) is 0 Å². The Balaban J connectivity index is 1.64. The molecule has 3 rings (SSSR count). The molecule has 5 heteroatoms. The quantitative estimate of drug-likeness (QED) is 0.796. The van der Waals surface area contributed by atoms with Crippen LogP contribution in [0, 0.1) is 5.92 Å². The largest absolute Gasteiger partial charge is 0.294 e. The van der Waals surface area contributed by atoms with Crippen LogP contribution >= 0.6 is 23.1 Å². The van der Waals surface area contributed by atoms with E-state index in [0.29, 0.717) is 0 Å². The Kier molecular flexibility index (Phi) is 2.66. The van der Waals surface area contributed by atoms with Crippen LogP contribution in [0.5, 0.6) is 0 Å². The molecule has 1 aromatic heterocycles. The smallest absolute Gasteiger partial charge is 0.138 e. The summed E-state index contributed by atoms with van der Waals surface area (Å²) in [6.07, 6.45) is 5.52. The molecule has 0 amide bonds. The van der Waals surface area contributed by atoms with Crippen molar-refractivity contribution >= 4 is 23.1 Å². The molecule has 0 saturated heterocycles. The molecule has 3 nitrogen and oxygen atoms in total. The molecule has 82 valence electrons. The number of aromatic nitrogens is 2. The second-order valence-corrected chi connectivity index (χ2v) is 5.95. The van der Waals surface area contributed by atoms with Crippen LogP contribution in [-0.4, -0.2) is 27.1 Å². The van der Waals surface area contributed by atoms with Crippen molar-refractivity contribution in [1.29, 1.82) is 0 Å². The van der Waals surface area contributed by atoms with Gasteiger partial charge in [0, 0.05) is 30.7 Å². The van der Waals surface area contributed by atoms with E-state index < -0.39 is 0 Å². The topological polar surface area (TPSA) is 29.0 Å². The van der Waals surface area contributed by atoms with Gasteiger partial charge in [-0.25, -0.2) is 0 Å². The third-order valence-corrected chi connectivity index (χ3v) is 4.10. The molecule has 0 aromatic carbocycles. The Bertz CT molecular complexity index is 346. The number of nitrogens with zero attached hydrogens (tertiary/aromatic N) is 3. The summed E-state index contributed by atoms with van der Waals surface area (Å²) in [5.41, 5.74) is 0.967. The molecule has 0 N–H and O–H groups in total. The SMILES string of the molecule is Clc1snnc1CN(CC1CC1)C1CC1. The van der Waals surface area contributed by atoms with Crippen molar-refractivity contribution in [2.24, 2.45) is 5.92 Å². The zero-order valence-electron chi connectivity index (χ0n) is 8.53. The van der Waals surface area contributed by atoms with Gasteiger partial charge in [0.15, 0.2) is 0 Å². The lowest BCUT2D eigenvalue weighted by Crippen LogP contribution is -2.28. The molecule has 1 heterocycles. The number of hydrogen-bond donors (Lipinski definition) is 0. The standard InChI is InChI=1S/C10H14ClN3S/c11-10-9(12-13-15-10)6-14(8-3-4-8)5-7-1-2-7/h7-8H,1-6H2. The summed E-state index contributed by atoms with van der Waals surface area (Å²) in [6.45, 7) is 2.13. The van der Waals surface area contributed by atoms with Gasteiger partial charge in [-0.15, -0.1) is 5.10 Å². The molecule has 1 aromatic rings. The van der Waals surface area contributed by atoms with Crippen LogP contribution in [0.15, 0.2) is 0 Å². The maximum atomic E-state index is 6.03. The fourth-order valence-corrected chi connectivity index (χ4v) is 2.51. The van der Waals surface area contributed by atoms with Crippen LogP contribution in [0.3, 0.4) is 0 Å². The highest BCUT2D eigenvalue weighted by Crippen LogP contribution is 2.36. The summed E-state index contributed by atoms with van der Waals surface area (Å²) in [5.74, 6) is 0.941. The average molecular weight is 244 g/mol. The fraction of sp³-hybridized carbons (Fsp3) is 0.800. The lowest BCUT2D eigenvalue weighted by atomic mass is 10.3. The fourth-order valence-electron chi connectivity index (χ4n) is 1.90. The Morgan fingerprint density at radius 3 is 2.67 bits per heavy atom. The Morgan fingerprint density at radius 2 is 2.13 bits per heavy atom. The van der Waals surface area contributed by atoms with Gasteiger partial charge in [-0.2, -0.15) is 0 Å². The van der Waals surface area contributed by atoms with Gasteiger partial charge < -0.3 is 0 Å². The lowest BCUT2D eigenvalue weighted by molar-refractivity contribution is 0.241. The molecule has 0 atom stereocenters. The van der Waals surface area contributed by atoms with E-state index in [1.54, 1.807) is 0 Å². The highest BCUT2D eigenvalue weighted by atomic mass is 35.5. The maximum Gasteiger partial charge on any atom is 0.138 e. The van der Waals surface area contributed by atoms with Crippen molar-refractivity contribution in [2.75, 3.05) is 6.54 Å². The number of hydrogen-bond acceptors (Lipinski definition) is 4. The van der Waals surface area contributed by atoms with Gasteiger partial charge in [0.25, 0.3) is 0 Å². The summed E-state index contributed by atoms with van der Waals surface area (Å²) in [6, 6.07) is 0.795. The first-order valence-electron chi connectivity index (χ1n) is 5.53. The van der Waals surface area contributed by atoms with Crippen molar-refractivity contribution in [2.45, 2.75) is 38.3 Å². The van der Waals surface area contributed by atoms with Gasteiger partial charge in [-0.1, -0.05) is 16.1 Å². The first-order chi connectivity index (χ1) is 7.33. The normalized spacial score (nSPS) is 21.2. The van der Waals surface area contributed by atoms with Crippen LogP contribution in [0.2, 0.25) is 4.34 Å². The Labute approximate surface area is 98.6 Å². The van der Waals surface area contributed by atoms with Crippen molar-refractivity contribution < 1.29 is 0 Å². The zero-order chi connectivity index (χ0) is 10.3. The van der Waals surface area contributed by atoms with E-state index in [0.717, 1.165) is 28.5 Å². The Hall–Kier alpha value is -0.190. The van der Waals surface area contributed by atoms with Gasteiger partial charge in [-0.05, 0) is 31.6 Å². The zero-order valence-corrected chi connectivity index (χ0v) is 10.1. The monoisotopic (exact) mass is 243 g/mol. The summed E-state index contributed by atoms with van der Waals surface area (Å²) in [5, 5.41) is 4.09. The molecule has 0 spiro atoms.